The van der Waals surface area contributed by atoms with Crippen molar-refractivity contribution in [3.63, 3.8) is 0 Å². The van der Waals surface area contributed by atoms with Crippen LogP contribution in [-0.4, -0.2) is 10.1 Å². The Morgan fingerprint density at radius 2 is 2.15 bits per heavy atom. The minimum atomic E-state index is -0.809. The summed E-state index contributed by atoms with van der Waals surface area (Å²) in [6.07, 6.45) is 0.917. The maximum atomic E-state index is 9.67. The molecule has 0 aliphatic rings. The smallest absolute Gasteiger partial charge is 0.102 e. The lowest BCUT2D eigenvalue weighted by Gasteiger charge is -2.13. The molecule has 0 amide bonds. The molecule has 1 heterocycles. The van der Waals surface area contributed by atoms with Gasteiger partial charge < -0.3 is 5.11 Å². The largest absolute Gasteiger partial charge is 0.384 e. The van der Waals surface area contributed by atoms with E-state index in [1.165, 1.54) is 5.92 Å². The fourth-order valence-corrected chi connectivity index (χ4v) is 2.09. The van der Waals surface area contributed by atoms with Gasteiger partial charge in [0.15, 0.2) is 0 Å². The van der Waals surface area contributed by atoms with E-state index in [0.717, 1.165) is 17.1 Å². The van der Waals surface area contributed by atoms with Crippen LogP contribution < -0.4 is 0 Å². The SMILES string of the molecule is C[C](C)Cc1nc(C(C)(C)O)cs1. The molecule has 1 aromatic rings. The van der Waals surface area contributed by atoms with Crippen LogP contribution in [-0.2, 0) is 12.0 Å². The first kappa shape index (κ1) is 10.7. The highest BCUT2D eigenvalue weighted by molar-refractivity contribution is 7.09. The van der Waals surface area contributed by atoms with Crippen LogP contribution in [0.2, 0.25) is 0 Å². The maximum Gasteiger partial charge on any atom is 0.102 e. The molecular formula is C10H16NOS. The molecular weight excluding hydrogens is 182 g/mol. The number of rotatable bonds is 3. The second-order valence-electron chi connectivity index (χ2n) is 4.07. The number of hydrogen-bond acceptors (Lipinski definition) is 3. The Morgan fingerprint density at radius 3 is 2.54 bits per heavy atom. The summed E-state index contributed by atoms with van der Waals surface area (Å²) < 4.78 is 0. The minimum Gasteiger partial charge on any atom is -0.384 e. The highest BCUT2D eigenvalue weighted by Crippen LogP contribution is 2.23. The monoisotopic (exact) mass is 198 g/mol. The number of hydrogen-bond donors (Lipinski definition) is 1. The van der Waals surface area contributed by atoms with Gasteiger partial charge in [-0.1, -0.05) is 13.8 Å². The second-order valence-corrected chi connectivity index (χ2v) is 5.01. The summed E-state index contributed by atoms with van der Waals surface area (Å²) in [4.78, 5) is 4.37. The molecule has 1 rings (SSSR count). The molecule has 0 aliphatic carbocycles. The van der Waals surface area contributed by atoms with Crippen molar-refractivity contribution in [3.8, 4) is 0 Å². The third kappa shape index (κ3) is 3.08. The van der Waals surface area contributed by atoms with Crippen LogP contribution in [0.25, 0.3) is 0 Å². The molecule has 0 fully saturated rings. The van der Waals surface area contributed by atoms with E-state index in [-0.39, 0.29) is 0 Å². The van der Waals surface area contributed by atoms with Crippen molar-refractivity contribution in [2.45, 2.75) is 39.7 Å². The summed E-state index contributed by atoms with van der Waals surface area (Å²) in [6.45, 7) is 7.69. The average molecular weight is 198 g/mol. The van der Waals surface area contributed by atoms with Crippen LogP contribution in [0.15, 0.2) is 5.38 Å². The molecule has 0 spiro atoms. The Kier molecular flexibility index (Phi) is 3.09. The topological polar surface area (TPSA) is 33.1 Å². The van der Waals surface area contributed by atoms with Crippen LogP contribution >= 0.6 is 11.3 Å². The Hall–Kier alpha value is -0.410. The summed E-state index contributed by atoms with van der Waals surface area (Å²) in [5.41, 5.74) is -0.0371. The van der Waals surface area contributed by atoms with E-state index in [9.17, 15) is 5.11 Å². The average Bonchev–Trinajstić information content (AvgIpc) is 2.32. The highest BCUT2D eigenvalue weighted by atomic mass is 32.1. The predicted molar refractivity (Wildman–Crippen MR) is 55.7 cm³/mol. The first-order chi connectivity index (χ1) is 5.89. The molecule has 13 heavy (non-hydrogen) atoms. The van der Waals surface area contributed by atoms with Gasteiger partial charge in [-0.05, 0) is 19.8 Å². The van der Waals surface area contributed by atoms with Gasteiger partial charge in [0.2, 0.25) is 0 Å². The van der Waals surface area contributed by atoms with Crippen molar-refractivity contribution < 1.29 is 5.11 Å². The van der Waals surface area contributed by atoms with Gasteiger partial charge >= 0.3 is 0 Å². The van der Waals surface area contributed by atoms with Gasteiger partial charge in [0.05, 0.1) is 10.7 Å². The number of aliphatic hydroxyl groups is 1. The predicted octanol–water partition coefficient (Wildman–Crippen LogP) is 2.53. The van der Waals surface area contributed by atoms with Gasteiger partial charge in [-0.25, -0.2) is 4.98 Å². The molecule has 2 nitrogen and oxygen atoms in total. The molecule has 0 aromatic carbocycles. The zero-order valence-corrected chi connectivity index (χ0v) is 9.40. The standard InChI is InChI=1S/C10H16NOS/c1-7(2)5-9-11-8(6-13-9)10(3,4)12/h6,12H,5H2,1-4H3. The maximum absolute atomic E-state index is 9.67. The van der Waals surface area contributed by atoms with Crippen molar-refractivity contribution in [2.75, 3.05) is 0 Å². The van der Waals surface area contributed by atoms with Gasteiger partial charge in [-0.15, -0.1) is 11.3 Å². The first-order valence-corrected chi connectivity index (χ1v) is 5.24. The quantitative estimate of drug-likeness (QED) is 0.809. The van der Waals surface area contributed by atoms with Crippen LogP contribution in [0.3, 0.4) is 0 Å². The Balaban J connectivity index is 2.75. The summed E-state index contributed by atoms with van der Waals surface area (Å²) in [7, 11) is 0. The molecule has 0 unspecified atom stereocenters. The van der Waals surface area contributed by atoms with E-state index < -0.39 is 5.60 Å². The summed E-state index contributed by atoms with van der Waals surface area (Å²) in [5.74, 6) is 1.34. The highest BCUT2D eigenvalue weighted by Gasteiger charge is 2.19. The van der Waals surface area contributed by atoms with Crippen LogP contribution in [0.1, 0.15) is 38.4 Å². The lowest BCUT2D eigenvalue weighted by atomic mass is 10.1. The Bertz CT molecular complexity index is 273. The second kappa shape index (κ2) is 3.76. The van der Waals surface area contributed by atoms with E-state index >= 15 is 0 Å². The van der Waals surface area contributed by atoms with Crippen molar-refractivity contribution in [3.05, 3.63) is 22.0 Å². The van der Waals surface area contributed by atoms with E-state index in [2.05, 4.69) is 18.8 Å². The minimum absolute atomic E-state index is 0.772. The number of aromatic nitrogens is 1. The van der Waals surface area contributed by atoms with E-state index in [1.807, 2.05) is 5.38 Å². The molecule has 0 atom stereocenters. The van der Waals surface area contributed by atoms with E-state index in [4.69, 9.17) is 0 Å². The van der Waals surface area contributed by atoms with Gasteiger partial charge in [-0.2, -0.15) is 0 Å². The normalized spacial score (nSPS) is 12.5. The fraction of sp³-hybridized carbons (Fsp3) is 0.600. The van der Waals surface area contributed by atoms with Crippen molar-refractivity contribution in [1.82, 2.24) is 4.98 Å². The summed E-state index contributed by atoms with van der Waals surface area (Å²) in [5, 5.41) is 12.7. The molecule has 0 saturated heterocycles. The molecule has 0 saturated carbocycles. The lowest BCUT2D eigenvalue weighted by Crippen LogP contribution is -2.15. The fourth-order valence-electron chi connectivity index (χ4n) is 0.976. The third-order valence-corrected chi connectivity index (χ3v) is 2.53. The molecule has 1 aromatic heterocycles. The molecule has 0 aliphatic heterocycles. The van der Waals surface area contributed by atoms with Gasteiger partial charge in [0.1, 0.15) is 5.60 Å². The van der Waals surface area contributed by atoms with Crippen LogP contribution in [0, 0.1) is 5.92 Å². The van der Waals surface area contributed by atoms with Crippen LogP contribution in [0.5, 0.6) is 0 Å². The van der Waals surface area contributed by atoms with Gasteiger partial charge in [0.25, 0.3) is 0 Å². The molecule has 73 valence electrons. The van der Waals surface area contributed by atoms with E-state index in [1.54, 1.807) is 25.2 Å². The molecule has 1 N–H and O–H groups in total. The Labute approximate surface area is 83.6 Å². The Morgan fingerprint density at radius 1 is 1.54 bits per heavy atom. The van der Waals surface area contributed by atoms with E-state index in [0.29, 0.717) is 0 Å². The summed E-state index contributed by atoms with van der Waals surface area (Å²) in [6, 6.07) is 0. The number of nitrogens with zero attached hydrogens (tertiary/aromatic N) is 1. The van der Waals surface area contributed by atoms with Crippen molar-refractivity contribution >= 4 is 11.3 Å². The first-order valence-electron chi connectivity index (χ1n) is 4.36. The third-order valence-electron chi connectivity index (χ3n) is 1.68. The zero-order valence-electron chi connectivity index (χ0n) is 8.59. The lowest BCUT2D eigenvalue weighted by molar-refractivity contribution is 0.0744. The van der Waals surface area contributed by atoms with Crippen LogP contribution in [0.4, 0.5) is 0 Å². The number of thiazole rings is 1. The molecule has 1 radical (unpaired) electrons. The molecule has 3 heteroatoms. The van der Waals surface area contributed by atoms with Gasteiger partial charge in [-0.3, -0.25) is 0 Å². The zero-order chi connectivity index (χ0) is 10.1. The summed E-state index contributed by atoms with van der Waals surface area (Å²) >= 11 is 1.61. The molecule has 0 bridgehead atoms. The van der Waals surface area contributed by atoms with Gasteiger partial charge in [0, 0.05) is 11.8 Å². The van der Waals surface area contributed by atoms with Crippen molar-refractivity contribution in [1.29, 1.82) is 0 Å². The van der Waals surface area contributed by atoms with Crippen molar-refractivity contribution in [2.24, 2.45) is 0 Å².